The number of anilines is 1. The Kier molecular flexibility index (Phi) is 3.22. The van der Waals surface area contributed by atoms with Crippen LogP contribution in [0.2, 0.25) is 0 Å². The lowest BCUT2D eigenvalue weighted by molar-refractivity contribution is 0.517. The van der Waals surface area contributed by atoms with E-state index < -0.39 is 0 Å². The monoisotopic (exact) mass is 239 g/mol. The van der Waals surface area contributed by atoms with Crippen LogP contribution in [0.15, 0.2) is 0 Å². The molecule has 1 fully saturated rings. The second-order valence-electron chi connectivity index (χ2n) is 5.10. The molecule has 0 saturated carbocycles. The predicted molar refractivity (Wildman–Crippen MR) is 70.3 cm³/mol. The van der Waals surface area contributed by atoms with Gasteiger partial charge in [-0.25, -0.2) is 4.98 Å². The molecule has 0 atom stereocenters. The van der Waals surface area contributed by atoms with Gasteiger partial charge in [-0.1, -0.05) is 0 Å². The molecule has 1 N–H and O–H groups in total. The molecule has 0 aromatic carbocycles. The Hall–Kier alpha value is -0.610. The standard InChI is InChI=1S/C12H21N3S/c1-9-10(8-13-4)16-11(14-9)15-7-5-6-12(15,2)3/h13H,5-8H2,1-4H3. The molecule has 4 heteroatoms. The van der Waals surface area contributed by atoms with E-state index in [0.29, 0.717) is 0 Å². The first kappa shape index (κ1) is 11.9. The molecule has 0 bridgehead atoms. The number of rotatable bonds is 3. The van der Waals surface area contributed by atoms with E-state index in [0.717, 1.165) is 13.1 Å². The molecule has 16 heavy (non-hydrogen) atoms. The Labute approximate surface area is 102 Å². The summed E-state index contributed by atoms with van der Waals surface area (Å²) in [7, 11) is 1.98. The summed E-state index contributed by atoms with van der Waals surface area (Å²) < 4.78 is 0. The van der Waals surface area contributed by atoms with Crippen molar-refractivity contribution in [3.8, 4) is 0 Å². The van der Waals surface area contributed by atoms with Crippen LogP contribution in [-0.2, 0) is 6.54 Å². The number of nitrogens with one attached hydrogen (secondary N) is 1. The van der Waals surface area contributed by atoms with Gasteiger partial charge < -0.3 is 10.2 Å². The van der Waals surface area contributed by atoms with Crippen LogP contribution in [0.1, 0.15) is 37.3 Å². The maximum atomic E-state index is 4.71. The molecule has 0 aliphatic carbocycles. The second kappa shape index (κ2) is 4.34. The van der Waals surface area contributed by atoms with Gasteiger partial charge in [0.15, 0.2) is 5.13 Å². The largest absolute Gasteiger partial charge is 0.343 e. The number of aryl methyl sites for hydroxylation is 1. The smallest absolute Gasteiger partial charge is 0.186 e. The first-order valence-electron chi connectivity index (χ1n) is 5.93. The fourth-order valence-corrected chi connectivity index (χ4v) is 3.58. The van der Waals surface area contributed by atoms with Crippen LogP contribution in [0.3, 0.4) is 0 Å². The molecule has 2 heterocycles. The Morgan fingerprint density at radius 2 is 2.25 bits per heavy atom. The van der Waals surface area contributed by atoms with Crippen LogP contribution in [0, 0.1) is 6.92 Å². The maximum absolute atomic E-state index is 4.71. The van der Waals surface area contributed by atoms with Gasteiger partial charge in [-0.2, -0.15) is 0 Å². The maximum Gasteiger partial charge on any atom is 0.186 e. The van der Waals surface area contributed by atoms with E-state index in [1.54, 1.807) is 0 Å². The third kappa shape index (κ3) is 2.09. The lowest BCUT2D eigenvalue weighted by Gasteiger charge is -2.31. The first-order chi connectivity index (χ1) is 7.54. The van der Waals surface area contributed by atoms with Crippen molar-refractivity contribution in [2.45, 2.75) is 45.7 Å². The van der Waals surface area contributed by atoms with Crippen LogP contribution in [0.4, 0.5) is 5.13 Å². The average Bonchev–Trinajstić information content (AvgIpc) is 2.71. The second-order valence-corrected chi connectivity index (χ2v) is 6.17. The fraction of sp³-hybridized carbons (Fsp3) is 0.750. The van der Waals surface area contributed by atoms with Crippen LogP contribution >= 0.6 is 11.3 Å². The molecule has 1 saturated heterocycles. The summed E-state index contributed by atoms with van der Waals surface area (Å²) >= 11 is 1.84. The Balaban J connectivity index is 2.24. The highest BCUT2D eigenvalue weighted by molar-refractivity contribution is 7.15. The summed E-state index contributed by atoms with van der Waals surface area (Å²) in [6.07, 6.45) is 2.56. The highest BCUT2D eigenvalue weighted by Crippen LogP contribution is 2.36. The molecule has 0 amide bonds. The number of hydrogen-bond acceptors (Lipinski definition) is 4. The van der Waals surface area contributed by atoms with Crippen molar-refractivity contribution in [3.05, 3.63) is 10.6 Å². The fourth-order valence-electron chi connectivity index (χ4n) is 2.31. The molecule has 1 aromatic rings. The van der Waals surface area contributed by atoms with Gasteiger partial charge in [0, 0.05) is 23.5 Å². The van der Waals surface area contributed by atoms with Gasteiger partial charge in [0.05, 0.1) is 5.69 Å². The molecule has 0 unspecified atom stereocenters. The summed E-state index contributed by atoms with van der Waals surface area (Å²) in [6, 6.07) is 0. The number of aromatic nitrogens is 1. The van der Waals surface area contributed by atoms with Gasteiger partial charge in [-0.15, -0.1) is 11.3 Å². The summed E-state index contributed by atoms with van der Waals surface area (Å²) in [5.74, 6) is 0. The SMILES string of the molecule is CNCc1sc(N2CCCC2(C)C)nc1C. The van der Waals surface area contributed by atoms with Gasteiger partial charge in [0.25, 0.3) is 0 Å². The van der Waals surface area contributed by atoms with Crippen molar-refractivity contribution in [2.75, 3.05) is 18.5 Å². The molecule has 1 aromatic heterocycles. The number of thiazole rings is 1. The summed E-state index contributed by atoms with van der Waals surface area (Å²) in [4.78, 5) is 8.53. The highest BCUT2D eigenvalue weighted by atomic mass is 32.1. The Bertz CT molecular complexity index is 370. The number of nitrogens with zero attached hydrogens (tertiary/aromatic N) is 2. The van der Waals surface area contributed by atoms with Gasteiger partial charge >= 0.3 is 0 Å². The Morgan fingerprint density at radius 1 is 1.50 bits per heavy atom. The third-order valence-corrected chi connectivity index (χ3v) is 4.53. The molecule has 2 rings (SSSR count). The summed E-state index contributed by atoms with van der Waals surface area (Å²) in [6.45, 7) is 8.81. The van der Waals surface area contributed by atoms with Crippen molar-refractivity contribution in [1.29, 1.82) is 0 Å². The minimum atomic E-state index is 0.279. The molecule has 0 radical (unpaired) electrons. The van der Waals surface area contributed by atoms with Gasteiger partial charge in [-0.05, 0) is 40.7 Å². The topological polar surface area (TPSA) is 28.2 Å². The minimum absolute atomic E-state index is 0.279. The first-order valence-corrected chi connectivity index (χ1v) is 6.75. The molecular formula is C12H21N3S. The quantitative estimate of drug-likeness (QED) is 0.878. The molecule has 0 spiro atoms. The molecule has 1 aliphatic heterocycles. The molecule has 1 aliphatic rings. The van der Waals surface area contributed by atoms with E-state index in [4.69, 9.17) is 4.98 Å². The van der Waals surface area contributed by atoms with Crippen LogP contribution in [-0.4, -0.2) is 24.1 Å². The molecule has 3 nitrogen and oxygen atoms in total. The van der Waals surface area contributed by atoms with Gasteiger partial charge in [0.1, 0.15) is 0 Å². The van der Waals surface area contributed by atoms with Crippen molar-refractivity contribution in [1.82, 2.24) is 10.3 Å². The Morgan fingerprint density at radius 3 is 2.81 bits per heavy atom. The highest BCUT2D eigenvalue weighted by Gasteiger charge is 2.33. The van der Waals surface area contributed by atoms with Crippen LogP contribution in [0.5, 0.6) is 0 Å². The van der Waals surface area contributed by atoms with Gasteiger partial charge in [-0.3, -0.25) is 0 Å². The summed E-state index contributed by atoms with van der Waals surface area (Å²) in [5, 5.41) is 4.40. The van der Waals surface area contributed by atoms with E-state index in [1.807, 2.05) is 18.4 Å². The van der Waals surface area contributed by atoms with Gasteiger partial charge in [0.2, 0.25) is 0 Å². The number of hydrogen-bond donors (Lipinski definition) is 1. The molecular weight excluding hydrogens is 218 g/mol. The van der Waals surface area contributed by atoms with E-state index in [9.17, 15) is 0 Å². The van der Waals surface area contributed by atoms with Crippen molar-refractivity contribution in [2.24, 2.45) is 0 Å². The lowest BCUT2D eigenvalue weighted by atomic mass is 10.0. The normalized spacial score (nSPS) is 19.4. The predicted octanol–water partition coefficient (Wildman–Crippen LogP) is 2.55. The summed E-state index contributed by atoms with van der Waals surface area (Å²) in [5.41, 5.74) is 1.46. The minimum Gasteiger partial charge on any atom is -0.343 e. The van der Waals surface area contributed by atoms with Crippen molar-refractivity contribution >= 4 is 16.5 Å². The van der Waals surface area contributed by atoms with E-state index in [-0.39, 0.29) is 5.54 Å². The zero-order chi connectivity index (χ0) is 11.8. The zero-order valence-corrected chi connectivity index (χ0v) is 11.4. The van der Waals surface area contributed by atoms with E-state index >= 15 is 0 Å². The van der Waals surface area contributed by atoms with E-state index in [2.05, 4.69) is 31.0 Å². The average molecular weight is 239 g/mol. The van der Waals surface area contributed by atoms with E-state index in [1.165, 1.54) is 28.5 Å². The van der Waals surface area contributed by atoms with Crippen molar-refractivity contribution < 1.29 is 0 Å². The van der Waals surface area contributed by atoms with Crippen LogP contribution < -0.4 is 10.2 Å². The molecule has 90 valence electrons. The third-order valence-electron chi connectivity index (χ3n) is 3.35. The zero-order valence-electron chi connectivity index (χ0n) is 10.6. The van der Waals surface area contributed by atoms with Crippen molar-refractivity contribution in [3.63, 3.8) is 0 Å². The van der Waals surface area contributed by atoms with Crippen LogP contribution in [0.25, 0.3) is 0 Å². The lowest BCUT2D eigenvalue weighted by Crippen LogP contribution is -2.38.